The highest BCUT2D eigenvalue weighted by molar-refractivity contribution is 6.08. The molecule has 0 saturated carbocycles. The van der Waals surface area contributed by atoms with E-state index in [0.29, 0.717) is 5.92 Å². The highest BCUT2D eigenvalue weighted by Crippen LogP contribution is 2.39. The standard InChI is InChI=1S/C24H27NO4/c1-5-20(26)21-22(18-10-8-17(9-11-18)15(2)3)25(24(28)23(21)27)14-16-6-12-19(29-4)13-7-16/h6-13,15,22,27H,5,14H2,1-4H3. The summed E-state index contributed by atoms with van der Waals surface area (Å²) in [7, 11) is 1.60. The highest BCUT2D eigenvalue weighted by Gasteiger charge is 2.42. The quantitative estimate of drug-likeness (QED) is 0.741. The molecule has 1 aliphatic rings. The summed E-state index contributed by atoms with van der Waals surface area (Å²) in [6.45, 7) is 6.24. The fourth-order valence-corrected chi connectivity index (χ4v) is 3.63. The molecule has 0 saturated heterocycles. The Hall–Kier alpha value is -3.08. The number of ether oxygens (including phenoxy) is 1. The second-order valence-electron chi connectivity index (χ2n) is 7.54. The number of amides is 1. The first kappa shape index (κ1) is 20.6. The SMILES string of the molecule is CCC(=O)C1=C(O)C(=O)N(Cc2ccc(OC)cc2)C1c1ccc(C(C)C)cc1. The fourth-order valence-electron chi connectivity index (χ4n) is 3.63. The molecule has 2 aromatic rings. The molecule has 0 bridgehead atoms. The van der Waals surface area contributed by atoms with Crippen molar-refractivity contribution < 1.29 is 19.4 Å². The van der Waals surface area contributed by atoms with Crippen LogP contribution in [-0.4, -0.2) is 28.8 Å². The van der Waals surface area contributed by atoms with E-state index in [2.05, 4.69) is 13.8 Å². The summed E-state index contributed by atoms with van der Waals surface area (Å²) in [6.07, 6.45) is 0.226. The Labute approximate surface area is 171 Å². The molecule has 1 N–H and O–H groups in total. The van der Waals surface area contributed by atoms with E-state index in [-0.39, 0.29) is 24.3 Å². The van der Waals surface area contributed by atoms with Crippen LogP contribution >= 0.6 is 0 Å². The minimum Gasteiger partial charge on any atom is -0.503 e. The van der Waals surface area contributed by atoms with Gasteiger partial charge < -0.3 is 14.7 Å². The van der Waals surface area contributed by atoms with Gasteiger partial charge in [0.05, 0.1) is 18.7 Å². The third-order valence-corrected chi connectivity index (χ3v) is 5.36. The van der Waals surface area contributed by atoms with Crippen molar-refractivity contribution in [1.29, 1.82) is 0 Å². The van der Waals surface area contributed by atoms with Crippen LogP contribution in [-0.2, 0) is 16.1 Å². The largest absolute Gasteiger partial charge is 0.503 e. The maximum absolute atomic E-state index is 12.9. The molecule has 5 heteroatoms. The van der Waals surface area contributed by atoms with E-state index in [4.69, 9.17) is 4.74 Å². The van der Waals surface area contributed by atoms with Gasteiger partial charge in [-0.3, -0.25) is 9.59 Å². The molecule has 5 nitrogen and oxygen atoms in total. The van der Waals surface area contributed by atoms with Gasteiger partial charge in [0.25, 0.3) is 5.91 Å². The average molecular weight is 393 g/mol. The number of carbonyl (C=O) groups is 2. The molecule has 1 amide bonds. The summed E-state index contributed by atoms with van der Waals surface area (Å²) in [5, 5.41) is 10.5. The Kier molecular flexibility index (Phi) is 6.06. The van der Waals surface area contributed by atoms with E-state index in [1.165, 1.54) is 5.56 Å². The lowest BCUT2D eigenvalue weighted by atomic mass is 9.93. The van der Waals surface area contributed by atoms with Crippen molar-refractivity contribution in [3.05, 3.63) is 76.6 Å². The molecule has 1 atom stereocenters. The van der Waals surface area contributed by atoms with Crippen molar-refractivity contribution in [1.82, 2.24) is 4.90 Å². The lowest BCUT2D eigenvalue weighted by Gasteiger charge is -2.27. The monoisotopic (exact) mass is 393 g/mol. The molecule has 1 aliphatic heterocycles. The van der Waals surface area contributed by atoms with Gasteiger partial charge in [0.15, 0.2) is 11.5 Å². The van der Waals surface area contributed by atoms with Crippen molar-refractivity contribution in [2.24, 2.45) is 0 Å². The second kappa shape index (κ2) is 8.52. The zero-order valence-corrected chi connectivity index (χ0v) is 17.3. The number of hydrogen-bond acceptors (Lipinski definition) is 4. The van der Waals surface area contributed by atoms with Gasteiger partial charge in [-0.05, 0) is 34.7 Å². The Morgan fingerprint density at radius 1 is 1.10 bits per heavy atom. The van der Waals surface area contributed by atoms with Crippen molar-refractivity contribution >= 4 is 11.7 Å². The Balaban J connectivity index is 2.00. The van der Waals surface area contributed by atoms with Gasteiger partial charge in [0, 0.05) is 13.0 Å². The zero-order valence-electron chi connectivity index (χ0n) is 17.3. The number of benzene rings is 2. The molecule has 29 heavy (non-hydrogen) atoms. The van der Waals surface area contributed by atoms with Crippen LogP contribution in [0.1, 0.15) is 55.8 Å². The van der Waals surface area contributed by atoms with Crippen molar-refractivity contribution in [3.8, 4) is 5.75 Å². The van der Waals surface area contributed by atoms with Gasteiger partial charge in [-0.15, -0.1) is 0 Å². The predicted octanol–water partition coefficient (Wildman–Crippen LogP) is 4.69. The smallest absolute Gasteiger partial charge is 0.290 e. The number of aliphatic hydroxyl groups is 1. The van der Waals surface area contributed by atoms with Crippen LogP contribution in [0.2, 0.25) is 0 Å². The predicted molar refractivity (Wildman–Crippen MR) is 112 cm³/mol. The van der Waals surface area contributed by atoms with Crippen molar-refractivity contribution in [2.75, 3.05) is 7.11 Å². The lowest BCUT2D eigenvalue weighted by Crippen LogP contribution is -2.30. The molecule has 152 valence electrons. The van der Waals surface area contributed by atoms with Crippen molar-refractivity contribution in [2.45, 2.75) is 45.7 Å². The molecular formula is C24H27NO4. The first-order valence-corrected chi connectivity index (χ1v) is 9.87. The van der Waals surface area contributed by atoms with Crippen LogP contribution in [0.5, 0.6) is 5.75 Å². The first-order chi connectivity index (χ1) is 13.9. The molecular weight excluding hydrogens is 366 g/mol. The molecule has 0 fully saturated rings. The van der Waals surface area contributed by atoms with Crippen LogP contribution < -0.4 is 4.74 Å². The van der Waals surface area contributed by atoms with E-state index in [9.17, 15) is 14.7 Å². The molecule has 1 heterocycles. The van der Waals surface area contributed by atoms with Gasteiger partial charge >= 0.3 is 0 Å². The van der Waals surface area contributed by atoms with E-state index in [0.717, 1.165) is 16.9 Å². The van der Waals surface area contributed by atoms with E-state index in [1.54, 1.807) is 18.9 Å². The third kappa shape index (κ3) is 4.04. The van der Waals surface area contributed by atoms with E-state index in [1.807, 2.05) is 48.5 Å². The van der Waals surface area contributed by atoms with Crippen LogP contribution in [0.25, 0.3) is 0 Å². The third-order valence-electron chi connectivity index (χ3n) is 5.36. The van der Waals surface area contributed by atoms with Crippen LogP contribution in [0, 0.1) is 0 Å². The molecule has 3 rings (SSSR count). The molecule has 0 spiro atoms. The van der Waals surface area contributed by atoms with Gasteiger partial charge in [-0.25, -0.2) is 0 Å². The number of hydrogen-bond donors (Lipinski definition) is 1. The number of aliphatic hydroxyl groups excluding tert-OH is 1. The number of Topliss-reactive ketones (excluding diaryl/α,β-unsaturated/α-hetero) is 1. The molecule has 0 radical (unpaired) electrons. The van der Waals surface area contributed by atoms with Gasteiger partial charge in [0.1, 0.15) is 5.75 Å². The minimum absolute atomic E-state index is 0.184. The topological polar surface area (TPSA) is 66.8 Å². The summed E-state index contributed by atoms with van der Waals surface area (Å²) in [6, 6.07) is 14.7. The number of nitrogens with zero attached hydrogens (tertiary/aromatic N) is 1. The van der Waals surface area contributed by atoms with Crippen LogP contribution in [0.15, 0.2) is 59.9 Å². The lowest BCUT2D eigenvalue weighted by molar-refractivity contribution is -0.130. The summed E-state index contributed by atoms with van der Waals surface area (Å²) in [5.74, 6) is -0.0691. The fraction of sp³-hybridized carbons (Fsp3) is 0.333. The van der Waals surface area contributed by atoms with Crippen LogP contribution in [0.4, 0.5) is 0 Å². The Morgan fingerprint density at radius 2 is 1.72 bits per heavy atom. The van der Waals surface area contributed by atoms with Gasteiger partial charge in [0.2, 0.25) is 0 Å². The Morgan fingerprint density at radius 3 is 2.24 bits per heavy atom. The average Bonchev–Trinajstić information content (AvgIpc) is 2.98. The zero-order chi connectivity index (χ0) is 21.1. The maximum Gasteiger partial charge on any atom is 0.290 e. The molecule has 2 aromatic carbocycles. The van der Waals surface area contributed by atoms with Gasteiger partial charge in [-0.2, -0.15) is 0 Å². The molecule has 1 unspecified atom stereocenters. The summed E-state index contributed by atoms with van der Waals surface area (Å²) in [5.41, 5.74) is 3.07. The molecule has 0 aromatic heterocycles. The Bertz CT molecular complexity index is 926. The highest BCUT2D eigenvalue weighted by atomic mass is 16.5. The van der Waals surface area contributed by atoms with E-state index < -0.39 is 17.7 Å². The van der Waals surface area contributed by atoms with E-state index >= 15 is 0 Å². The normalized spacial score (nSPS) is 16.7. The maximum atomic E-state index is 12.9. The minimum atomic E-state index is -0.599. The second-order valence-corrected chi connectivity index (χ2v) is 7.54. The summed E-state index contributed by atoms with van der Waals surface area (Å²) in [4.78, 5) is 27.0. The number of methoxy groups -OCH3 is 1. The van der Waals surface area contributed by atoms with Crippen molar-refractivity contribution in [3.63, 3.8) is 0 Å². The molecule has 0 aliphatic carbocycles. The number of rotatable bonds is 7. The summed E-state index contributed by atoms with van der Waals surface area (Å²) < 4.78 is 5.19. The summed E-state index contributed by atoms with van der Waals surface area (Å²) >= 11 is 0. The number of ketones is 1. The van der Waals surface area contributed by atoms with Crippen LogP contribution in [0.3, 0.4) is 0 Å². The van der Waals surface area contributed by atoms with Gasteiger partial charge in [-0.1, -0.05) is 57.2 Å². The number of carbonyl (C=O) groups excluding carboxylic acids is 2. The first-order valence-electron chi connectivity index (χ1n) is 9.87.